The van der Waals surface area contributed by atoms with Crippen molar-refractivity contribution in [1.82, 2.24) is 0 Å². The molecule has 0 radical (unpaired) electrons. The summed E-state index contributed by atoms with van der Waals surface area (Å²) in [6, 6.07) is 0. The summed E-state index contributed by atoms with van der Waals surface area (Å²) in [5.41, 5.74) is 0.138. The molecule has 0 amide bonds. The van der Waals surface area contributed by atoms with Gasteiger partial charge in [-0.25, -0.2) is 0 Å². The summed E-state index contributed by atoms with van der Waals surface area (Å²) in [7, 11) is 0. The molecule has 0 aliphatic heterocycles. The van der Waals surface area contributed by atoms with Crippen molar-refractivity contribution in [1.29, 1.82) is 0 Å². The first-order valence-corrected chi connectivity index (χ1v) is 10.0. The van der Waals surface area contributed by atoms with Crippen LogP contribution in [0.4, 0.5) is 0 Å². The summed E-state index contributed by atoms with van der Waals surface area (Å²) in [5, 5.41) is 30.4. The number of allylic oxidation sites excluding steroid dienone is 1. The maximum absolute atomic E-state index is 10.4. The van der Waals surface area contributed by atoms with Crippen LogP contribution < -0.4 is 0 Å². The van der Waals surface area contributed by atoms with Crippen molar-refractivity contribution in [3.05, 3.63) is 12.2 Å². The molecular weight excluding hydrogens is 300 g/mol. The first-order valence-electron chi connectivity index (χ1n) is 10.0. The van der Waals surface area contributed by atoms with Crippen LogP contribution in [0.15, 0.2) is 12.2 Å². The summed E-state index contributed by atoms with van der Waals surface area (Å²) in [4.78, 5) is 0. The van der Waals surface area contributed by atoms with E-state index in [0.717, 1.165) is 50.9 Å². The molecule has 0 aromatic carbocycles. The lowest BCUT2D eigenvalue weighted by Gasteiger charge is -2.33. The van der Waals surface area contributed by atoms with E-state index >= 15 is 0 Å². The van der Waals surface area contributed by atoms with Crippen LogP contribution in [-0.2, 0) is 0 Å². The molecule has 0 aromatic heterocycles. The van der Waals surface area contributed by atoms with E-state index in [9.17, 15) is 15.3 Å². The third-order valence-electron chi connectivity index (χ3n) is 6.30. The van der Waals surface area contributed by atoms with E-state index in [0.29, 0.717) is 0 Å². The standard InChI is InChI=1S/C21H38O3/c1-15(2)6-4-5-7-16-14-17(20(24)19(16)23)8-11-21(3)12-9-18(22)10-13-21/h8,11,15-20,22-24H,4-7,9-10,12-14H2,1-3H3/b11-8+/t16-,17+,18?,19+,20-,21?/m0/s1. The zero-order chi connectivity index (χ0) is 17.7. The largest absolute Gasteiger partial charge is 0.393 e. The lowest BCUT2D eigenvalue weighted by molar-refractivity contribution is 0.00855. The molecule has 2 aliphatic rings. The Morgan fingerprint density at radius 1 is 1.04 bits per heavy atom. The molecule has 0 unspecified atom stereocenters. The fraction of sp³-hybridized carbons (Fsp3) is 0.905. The minimum atomic E-state index is -0.617. The highest BCUT2D eigenvalue weighted by Gasteiger charge is 2.40. The average molecular weight is 339 g/mol. The number of unbranched alkanes of at least 4 members (excludes halogenated alkanes) is 1. The molecule has 2 aliphatic carbocycles. The predicted octanol–water partition coefficient (Wildman–Crippen LogP) is 4.06. The first kappa shape index (κ1) is 19.9. The summed E-state index contributed by atoms with van der Waals surface area (Å²) >= 11 is 0. The Morgan fingerprint density at radius 3 is 2.33 bits per heavy atom. The number of aliphatic hydroxyl groups is 3. The maximum atomic E-state index is 10.4. The summed E-state index contributed by atoms with van der Waals surface area (Å²) in [5.74, 6) is 1.07. The van der Waals surface area contributed by atoms with Crippen LogP contribution in [0, 0.1) is 23.2 Å². The molecule has 2 saturated carbocycles. The molecule has 4 atom stereocenters. The van der Waals surface area contributed by atoms with Gasteiger partial charge in [-0.3, -0.25) is 0 Å². The zero-order valence-electron chi connectivity index (χ0n) is 15.8. The number of aliphatic hydroxyl groups excluding tert-OH is 3. The summed E-state index contributed by atoms with van der Waals surface area (Å²) in [6.45, 7) is 6.75. The van der Waals surface area contributed by atoms with Crippen molar-refractivity contribution in [2.45, 2.75) is 96.9 Å². The molecule has 2 fully saturated rings. The molecule has 0 aromatic rings. The van der Waals surface area contributed by atoms with E-state index in [-0.39, 0.29) is 23.4 Å². The quantitative estimate of drug-likeness (QED) is 0.484. The third kappa shape index (κ3) is 5.57. The van der Waals surface area contributed by atoms with E-state index in [1.54, 1.807) is 0 Å². The highest BCUT2D eigenvalue weighted by atomic mass is 16.3. The van der Waals surface area contributed by atoms with E-state index in [1.807, 2.05) is 0 Å². The van der Waals surface area contributed by atoms with E-state index < -0.39 is 12.2 Å². The van der Waals surface area contributed by atoms with Crippen molar-refractivity contribution in [3.63, 3.8) is 0 Å². The summed E-state index contributed by atoms with van der Waals surface area (Å²) in [6.07, 6.45) is 12.4. The monoisotopic (exact) mass is 338 g/mol. The number of hydrogen-bond donors (Lipinski definition) is 3. The molecule has 0 spiro atoms. The molecule has 0 heterocycles. The van der Waals surface area contributed by atoms with Gasteiger partial charge in [0.2, 0.25) is 0 Å². The van der Waals surface area contributed by atoms with Gasteiger partial charge in [-0.15, -0.1) is 0 Å². The highest BCUT2D eigenvalue weighted by Crippen LogP contribution is 2.40. The van der Waals surface area contributed by atoms with E-state index in [1.165, 1.54) is 12.8 Å². The van der Waals surface area contributed by atoms with Crippen LogP contribution in [0.1, 0.15) is 78.6 Å². The van der Waals surface area contributed by atoms with Crippen molar-refractivity contribution in [3.8, 4) is 0 Å². The number of rotatable bonds is 7. The second-order valence-corrected chi connectivity index (χ2v) is 9.06. The molecule has 3 nitrogen and oxygen atoms in total. The van der Waals surface area contributed by atoms with Crippen LogP contribution in [0.3, 0.4) is 0 Å². The van der Waals surface area contributed by atoms with Crippen molar-refractivity contribution in [2.75, 3.05) is 0 Å². The maximum Gasteiger partial charge on any atom is 0.0864 e. The van der Waals surface area contributed by atoms with Crippen molar-refractivity contribution < 1.29 is 15.3 Å². The van der Waals surface area contributed by atoms with Crippen LogP contribution in [0.25, 0.3) is 0 Å². The third-order valence-corrected chi connectivity index (χ3v) is 6.30. The molecule has 3 N–H and O–H groups in total. The topological polar surface area (TPSA) is 60.7 Å². The van der Waals surface area contributed by atoms with Gasteiger partial charge >= 0.3 is 0 Å². The van der Waals surface area contributed by atoms with Gasteiger partial charge < -0.3 is 15.3 Å². The van der Waals surface area contributed by atoms with Crippen LogP contribution >= 0.6 is 0 Å². The zero-order valence-corrected chi connectivity index (χ0v) is 15.8. The molecule has 0 bridgehead atoms. The van der Waals surface area contributed by atoms with Gasteiger partial charge in [-0.2, -0.15) is 0 Å². The fourth-order valence-corrected chi connectivity index (χ4v) is 4.39. The first-order chi connectivity index (χ1) is 11.3. The van der Waals surface area contributed by atoms with Crippen molar-refractivity contribution in [2.24, 2.45) is 23.2 Å². The molecule has 3 heteroatoms. The Morgan fingerprint density at radius 2 is 1.71 bits per heavy atom. The Labute approximate surface area is 148 Å². The van der Waals surface area contributed by atoms with Crippen LogP contribution in [0.5, 0.6) is 0 Å². The minimum Gasteiger partial charge on any atom is -0.393 e. The van der Waals surface area contributed by atoms with Gasteiger partial charge in [-0.1, -0.05) is 52.2 Å². The highest BCUT2D eigenvalue weighted by molar-refractivity contribution is 5.07. The van der Waals surface area contributed by atoms with Gasteiger partial charge in [0.05, 0.1) is 18.3 Å². The number of hydrogen-bond acceptors (Lipinski definition) is 3. The second kappa shape index (κ2) is 8.82. The van der Waals surface area contributed by atoms with Gasteiger partial charge in [0.15, 0.2) is 0 Å². The molecule has 24 heavy (non-hydrogen) atoms. The van der Waals surface area contributed by atoms with Crippen LogP contribution in [0.2, 0.25) is 0 Å². The lowest BCUT2D eigenvalue weighted by Crippen LogP contribution is -2.28. The minimum absolute atomic E-state index is 0.0822. The van der Waals surface area contributed by atoms with E-state index in [4.69, 9.17) is 0 Å². The smallest absolute Gasteiger partial charge is 0.0864 e. The van der Waals surface area contributed by atoms with Gasteiger partial charge in [0.1, 0.15) is 0 Å². The Hall–Kier alpha value is -0.380. The Balaban J connectivity index is 1.82. The van der Waals surface area contributed by atoms with Crippen molar-refractivity contribution >= 4 is 0 Å². The second-order valence-electron chi connectivity index (χ2n) is 9.06. The van der Waals surface area contributed by atoms with Crippen LogP contribution in [-0.4, -0.2) is 33.6 Å². The van der Waals surface area contributed by atoms with Gasteiger partial charge in [-0.05, 0) is 55.8 Å². The molecular formula is C21H38O3. The van der Waals surface area contributed by atoms with Gasteiger partial charge in [0, 0.05) is 5.92 Å². The average Bonchev–Trinajstić information content (AvgIpc) is 2.81. The molecule has 2 rings (SSSR count). The van der Waals surface area contributed by atoms with Gasteiger partial charge in [0.25, 0.3) is 0 Å². The van der Waals surface area contributed by atoms with E-state index in [2.05, 4.69) is 32.9 Å². The SMILES string of the molecule is CC(C)CCCC[C@H]1C[C@@H](/C=C/C2(C)CCC(O)CC2)[C@H](O)[C@@H]1O. The lowest BCUT2D eigenvalue weighted by atomic mass is 9.74. The Kier molecular flexibility index (Phi) is 7.33. The fourth-order valence-electron chi connectivity index (χ4n) is 4.39. The normalized spacial score (nSPS) is 40.7. The predicted molar refractivity (Wildman–Crippen MR) is 98.6 cm³/mol. The Bertz CT molecular complexity index is 396. The molecule has 140 valence electrons. The molecule has 0 saturated heterocycles. The summed E-state index contributed by atoms with van der Waals surface area (Å²) < 4.78 is 0.